The molecule has 2 aromatic rings. The number of halogens is 2. The minimum atomic E-state index is -0.354. The zero-order valence-electron chi connectivity index (χ0n) is 15.8. The molecule has 150 valence electrons. The maximum atomic E-state index is 13.9. The number of aromatic nitrogens is 3. The van der Waals surface area contributed by atoms with Gasteiger partial charge in [-0.15, -0.1) is 24.0 Å². The first kappa shape index (κ1) is 22.0. The van der Waals surface area contributed by atoms with Crippen LogP contribution in [0.1, 0.15) is 29.2 Å². The van der Waals surface area contributed by atoms with Gasteiger partial charge >= 0.3 is 0 Å². The third-order valence-electron chi connectivity index (χ3n) is 4.36. The van der Waals surface area contributed by atoms with Crippen molar-refractivity contribution in [2.75, 3.05) is 14.2 Å². The van der Waals surface area contributed by atoms with E-state index in [2.05, 4.69) is 25.7 Å². The van der Waals surface area contributed by atoms with Crippen molar-refractivity contribution in [2.24, 2.45) is 4.99 Å². The number of guanidine groups is 1. The van der Waals surface area contributed by atoms with Gasteiger partial charge in [0, 0.05) is 38.7 Å². The highest BCUT2D eigenvalue weighted by atomic mass is 127. The molecule has 0 amide bonds. The van der Waals surface area contributed by atoms with Crippen molar-refractivity contribution in [3.63, 3.8) is 0 Å². The zero-order chi connectivity index (χ0) is 19.2. The number of hydrogen-bond acceptors (Lipinski definition) is 5. The van der Waals surface area contributed by atoms with Gasteiger partial charge in [-0.25, -0.2) is 14.1 Å². The standard InChI is InChI=1S/C18H22FN7O.HI/c1-21-18(22-9-13-7-12(8-20)3-5-15(13)19)23-14-4-6-17-24-16(11-27-2)25-26(17)10-14;/h3,5,7,14H,4,6,9-11H2,1-2H3,(H2,21,22,23);1H. The number of aryl methyl sites for hydroxylation is 1. The number of nitrogens with zero attached hydrogens (tertiary/aromatic N) is 5. The first-order valence-corrected chi connectivity index (χ1v) is 8.70. The molecule has 1 aromatic carbocycles. The Morgan fingerprint density at radius 2 is 2.32 bits per heavy atom. The molecule has 0 saturated heterocycles. The monoisotopic (exact) mass is 499 g/mol. The Kier molecular flexibility index (Phi) is 8.13. The van der Waals surface area contributed by atoms with Crippen molar-refractivity contribution >= 4 is 29.9 Å². The van der Waals surface area contributed by atoms with E-state index in [0.717, 1.165) is 18.7 Å². The minimum Gasteiger partial charge on any atom is -0.377 e. The molecule has 0 aliphatic carbocycles. The van der Waals surface area contributed by atoms with Crippen LogP contribution in [0.25, 0.3) is 0 Å². The Hall–Kier alpha value is -2.26. The average molecular weight is 499 g/mol. The predicted octanol–water partition coefficient (Wildman–Crippen LogP) is 1.73. The molecule has 10 heteroatoms. The van der Waals surface area contributed by atoms with E-state index in [9.17, 15) is 4.39 Å². The van der Waals surface area contributed by atoms with Gasteiger partial charge < -0.3 is 15.4 Å². The van der Waals surface area contributed by atoms with Crippen LogP contribution in [0.5, 0.6) is 0 Å². The van der Waals surface area contributed by atoms with Crippen molar-refractivity contribution in [3.8, 4) is 6.07 Å². The van der Waals surface area contributed by atoms with E-state index < -0.39 is 0 Å². The molecule has 2 N–H and O–H groups in total. The average Bonchev–Trinajstić information content (AvgIpc) is 3.08. The fourth-order valence-electron chi connectivity index (χ4n) is 3.02. The van der Waals surface area contributed by atoms with E-state index in [0.29, 0.717) is 36.1 Å². The molecular formula is C18H23FIN7O. The van der Waals surface area contributed by atoms with E-state index in [1.165, 1.54) is 18.2 Å². The lowest BCUT2D eigenvalue weighted by Crippen LogP contribution is -2.46. The van der Waals surface area contributed by atoms with Gasteiger partial charge in [-0.1, -0.05) is 0 Å². The number of hydrogen-bond donors (Lipinski definition) is 2. The number of aliphatic imine (C=N–C) groups is 1. The van der Waals surface area contributed by atoms with Crippen LogP contribution in [0.4, 0.5) is 4.39 Å². The predicted molar refractivity (Wildman–Crippen MR) is 113 cm³/mol. The van der Waals surface area contributed by atoms with Crippen molar-refractivity contribution < 1.29 is 9.13 Å². The second-order valence-electron chi connectivity index (χ2n) is 6.28. The van der Waals surface area contributed by atoms with E-state index >= 15 is 0 Å². The molecule has 0 spiro atoms. The third kappa shape index (κ3) is 5.39. The second kappa shape index (κ2) is 10.3. The van der Waals surface area contributed by atoms with Crippen LogP contribution >= 0.6 is 24.0 Å². The highest BCUT2D eigenvalue weighted by Crippen LogP contribution is 2.14. The van der Waals surface area contributed by atoms with E-state index in [1.807, 2.05) is 10.8 Å². The molecule has 8 nitrogen and oxygen atoms in total. The number of methoxy groups -OCH3 is 1. The molecule has 1 aliphatic heterocycles. The Morgan fingerprint density at radius 3 is 3.04 bits per heavy atom. The van der Waals surface area contributed by atoms with Crippen LogP contribution in [-0.4, -0.2) is 40.9 Å². The molecule has 1 aliphatic rings. The molecule has 1 atom stereocenters. The summed E-state index contributed by atoms with van der Waals surface area (Å²) in [5.41, 5.74) is 0.845. The van der Waals surface area contributed by atoms with Crippen molar-refractivity contribution in [3.05, 3.63) is 46.8 Å². The van der Waals surface area contributed by atoms with Gasteiger partial charge in [0.25, 0.3) is 0 Å². The van der Waals surface area contributed by atoms with Gasteiger partial charge in [0.15, 0.2) is 11.8 Å². The Balaban J connectivity index is 0.00000280. The summed E-state index contributed by atoms with van der Waals surface area (Å²) in [5.74, 6) is 1.86. The number of nitrogens with one attached hydrogen (secondary N) is 2. The minimum absolute atomic E-state index is 0. The van der Waals surface area contributed by atoms with Crippen LogP contribution in [0, 0.1) is 17.1 Å². The molecule has 3 rings (SSSR count). The first-order valence-electron chi connectivity index (χ1n) is 8.70. The van der Waals surface area contributed by atoms with Crippen molar-refractivity contribution in [2.45, 2.75) is 38.6 Å². The summed E-state index contributed by atoms with van der Waals surface area (Å²) in [6.07, 6.45) is 1.70. The van der Waals surface area contributed by atoms with Crippen LogP contribution in [0.15, 0.2) is 23.2 Å². The van der Waals surface area contributed by atoms with Gasteiger partial charge in [0.05, 0.1) is 18.2 Å². The van der Waals surface area contributed by atoms with Crippen molar-refractivity contribution in [1.29, 1.82) is 5.26 Å². The third-order valence-corrected chi connectivity index (χ3v) is 4.36. The largest absolute Gasteiger partial charge is 0.377 e. The normalized spacial score (nSPS) is 15.9. The maximum Gasteiger partial charge on any atom is 0.191 e. The fraction of sp³-hybridized carbons (Fsp3) is 0.444. The Labute approximate surface area is 180 Å². The maximum absolute atomic E-state index is 13.9. The molecule has 0 fully saturated rings. The molecular weight excluding hydrogens is 476 g/mol. The van der Waals surface area contributed by atoms with Crippen LogP contribution < -0.4 is 10.6 Å². The second-order valence-corrected chi connectivity index (χ2v) is 6.28. The quantitative estimate of drug-likeness (QED) is 0.370. The summed E-state index contributed by atoms with van der Waals surface area (Å²) in [4.78, 5) is 8.66. The van der Waals surface area contributed by atoms with Crippen LogP contribution in [0.3, 0.4) is 0 Å². The molecule has 1 unspecified atom stereocenters. The van der Waals surface area contributed by atoms with Gasteiger partial charge in [-0.3, -0.25) is 4.99 Å². The first-order chi connectivity index (χ1) is 13.1. The lowest BCUT2D eigenvalue weighted by molar-refractivity contribution is 0.177. The van der Waals surface area contributed by atoms with Gasteiger partial charge in [0.1, 0.15) is 18.2 Å². The van der Waals surface area contributed by atoms with Gasteiger partial charge in [-0.05, 0) is 24.6 Å². The summed E-state index contributed by atoms with van der Waals surface area (Å²) >= 11 is 0. The number of benzene rings is 1. The summed E-state index contributed by atoms with van der Waals surface area (Å²) in [5, 5.41) is 19.8. The highest BCUT2D eigenvalue weighted by molar-refractivity contribution is 14.0. The lowest BCUT2D eigenvalue weighted by atomic mass is 10.1. The zero-order valence-corrected chi connectivity index (χ0v) is 18.1. The topological polar surface area (TPSA) is 100 Å². The van der Waals surface area contributed by atoms with Crippen LogP contribution in [0.2, 0.25) is 0 Å². The fourth-order valence-corrected chi connectivity index (χ4v) is 3.02. The van der Waals surface area contributed by atoms with E-state index in [-0.39, 0.29) is 42.4 Å². The number of nitriles is 1. The molecule has 1 aromatic heterocycles. The lowest BCUT2D eigenvalue weighted by Gasteiger charge is -2.25. The van der Waals surface area contributed by atoms with E-state index in [1.54, 1.807) is 14.2 Å². The van der Waals surface area contributed by atoms with Gasteiger partial charge in [0.2, 0.25) is 0 Å². The SMILES string of the molecule is CN=C(NCc1cc(C#N)ccc1F)NC1CCc2nc(COC)nn2C1.I. The molecule has 28 heavy (non-hydrogen) atoms. The molecule has 0 radical (unpaired) electrons. The summed E-state index contributed by atoms with van der Waals surface area (Å²) in [7, 11) is 3.28. The number of ether oxygens (including phenoxy) is 1. The number of rotatable bonds is 5. The van der Waals surface area contributed by atoms with E-state index in [4.69, 9.17) is 10.00 Å². The molecule has 2 heterocycles. The Bertz CT molecular complexity index is 877. The summed E-state index contributed by atoms with van der Waals surface area (Å²) in [6, 6.07) is 6.45. The smallest absolute Gasteiger partial charge is 0.191 e. The van der Waals surface area contributed by atoms with Gasteiger partial charge in [-0.2, -0.15) is 10.4 Å². The van der Waals surface area contributed by atoms with Crippen LogP contribution in [-0.2, 0) is 30.9 Å². The molecule has 0 bridgehead atoms. The summed E-state index contributed by atoms with van der Waals surface area (Å²) < 4.78 is 20.9. The molecule has 0 saturated carbocycles. The Morgan fingerprint density at radius 1 is 1.50 bits per heavy atom. The summed E-state index contributed by atoms with van der Waals surface area (Å²) in [6.45, 7) is 1.31. The van der Waals surface area contributed by atoms with Crippen molar-refractivity contribution in [1.82, 2.24) is 25.4 Å². The highest BCUT2D eigenvalue weighted by Gasteiger charge is 2.22. The number of fused-ring (bicyclic) bond motifs is 1.